The molecule has 1 atom stereocenters. The standard InChI is InChI=1S/C30H22FN7O3/c1-17(35-30(40)25-28(32)36-38-14-4-13-33-29(25)38)27-24(20-9-11-21(31)12-10-20)26(39)23-19(5-3-6-22(23)41-27)8-7-18-15-34-37(2)16-18/h3-6,9-17H,1-2H3,(H2,32,36)(H,35,40)/t17-/m0/s1. The van der Waals surface area contributed by atoms with E-state index in [0.29, 0.717) is 16.7 Å². The van der Waals surface area contributed by atoms with Gasteiger partial charge in [0.15, 0.2) is 11.5 Å². The number of nitrogen functional groups attached to an aromatic ring is 1. The van der Waals surface area contributed by atoms with Gasteiger partial charge in [0.25, 0.3) is 5.91 Å². The summed E-state index contributed by atoms with van der Waals surface area (Å²) in [5.41, 5.74) is 8.05. The number of nitrogens with zero attached hydrogens (tertiary/aromatic N) is 5. The number of halogens is 1. The van der Waals surface area contributed by atoms with Crippen LogP contribution >= 0.6 is 0 Å². The molecule has 0 fully saturated rings. The molecule has 2 aromatic carbocycles. The molecule has 4 aromatic heterocycles. The number of aryl methyl sites for hydroxylation is 1. The van der Waals surface area contributed by atoms with Gasteiger partial charge in [0, 0.05) is 31.2 Å². The van der Waals surface area contributed by atoms with Crippen LogP contribution in [0.1, 0.15) is 40.2 Å². The summed E-state index contributed by atoms with van der Waals surface area (Å²) in [5, 5.41) is 11.4. The molecular weight excluding hydrogens is 525 g/mol. The predicted octanol–water partition coefficient (Wildman–Crippen LogP) is 3.85. The Labute approximate surface area is 232 Å². The number of rotatable bonds is 4. The number of fused-ring (bicyclic) bond motifs is 2. The minimum absolute atomic E-state index is 0.00366. The lowest BCUT2D eigenvalue weighted by Gasteiger charge is -2.18. The Kier molecular flexibility index (Phi) is 6.28. The van der Waals surface area contributed by atoms with Crippen LogP contribution in [0.5, 0.6) is 0 Å². The normalized spacial score (nSPS) is 11.8. The summed E-state index contributed by atoms with van der Waals surface area (Å²) in [6.45, 7) is 1.68. The number of amides is 1. The molecule has 0 bridgehead atoms. The van der Waals surface area contributed by atoms with Crippen molar-refractivity contribution in [3.63, 3.8) is 0 Å². The molecule has 0 spiro atoms. The van der Waals surface area contributed by atoms with Gasteiger partial charge in [-0.15, -0.1) is 5.10 Å². The summed E-state index contributed by atoms with van der Waals surface area (Å²) in [5.74, 6) is 5.25. The van der Waals surface area contributed by atoms with Crippen LogP contribution < -0.4 is 16.5 Å². The molecular formula is C30H22FN7O3. The van der Waals surface area contributed by atoms with Gasteiger partial charge in [-0.25, -0.2) is 13.9 Å². The second-order valence-corrected chi connectivity index (χ2v) is 9.35. The van der Waals surface area contributed by atoms with Gasteiger partial charge >= 0.3 is 0 Å². The molecule has 3 N–H and O–H groups in total. The van der Waals surface area contributed by atoms with Crippen molar-refractivity contribution in [1.82, 2.24) is 29.7 Å². The van der Waals surface area contributed by atoms with Gasteiger partial charge in [-0.05, 0) is 42.8 Å². The molecule has 6 rings (SSSR count). The van der Waals surface area contributed by atoms with E-state index < -0.39 is 17.8 Å². The van der Waals surface area contributed by atoms with E-state index in [4.69, 9.17) is 10.2 Å². The fourth-order valence-electron chi connectivity index (χ4n) is 4.64. The van der Waals surface area contributed by atoms with Crippen molar-refractivity contribution in [3.8, 4) is 23.0 Å². The topological polar surface area (TPSA) is 133 Å². The van der Waals surface area contributed by atoms with Crippen molar-refractivity contribution in [2.45, 2.75) is 13.0 Å². The van der Waals surface area contributed by atoms with Crippen LogP contribution in [0.3, 0.4) is 0 Å². The smallest absolute Gasteiger partial charge is 0.259 e. The molecule has 11 heteroatoms. The first-order chi connectivity index (χ1) is 19.8. The van der Waals surface area contributed by atoms with Crippen molar-refractivity contribution < 1.29 is 13.6 Å². The van der Waals surface area contributed by atoms with E-state index in [0.717, 1.165) is 0 Å². The van der Waals surface area contributed by atoms with Crippen molar-refractivity contribution in [2.24, 2.45) is 7.05 Å². The van der Waals surface area contributed by atoms with Crippen molar-refractivity contribution in [2.75, 3.05) is 5.73 Å². The van der Waals surface area contributed by atoms with Crippen LogP contribution in [0.25, 0.3) is 27.7 Å². The summed E-state index contributed by atoms with van der Waals surface area (Å²) in [6.07, 6.45) is 6.54. The lowest BCUT2D eigenvalue weighted by Crippen LogP contribution is -2.29. The highest BCUT2D eigenvalue weighted by atomic mass is 19.1. The summed E-state index contributed by atoms with van der Waals surface area (Å²) in [6, 6.07) is 11.5. The van der Waals surface area contributed by atoms with Crippen molar-refractivity contribution in [3.05, 3.63) is 112 Å². The van der Waals surface area contributed by atoms with Crippen LogP contribution in [0.2, 0.25) is 0 Å². The number of carbonyl (C=O) groups is 1. The van der Waals surface area contributed by atoms with Crippen LogP contribution in [-0.2, 0) is 7.05 Å². The van der Waals surface area contributed by atoms with Gasteiger partial charge in [-0.2, -0.15) is 5.10 Å². The van der Waals surface area contributed by atoms with Gasteiger partial charge in [0.1, 0.15) is 22.7 Å². The first-order valence-corrected chi connectivity index (χ1v) is 12.6. The molecule has 0 aliphatic rings. The third-order valence-corrected chi connectivity index (χ3v) is 6.52. The number of hydrogen-bond acceptors (Lipinski definition) is 7. The molecule has 0 saturated carbocycles. The second kappa shape index (κ2) is 10.1. The summed E-state index contributed by atoms with van der Waals surface area (Å²) < 4.78 is 23.2. The maximum absolute atomic E-state index is 14.1. The van der Waals surface area contributed by atoms with E-state index in [9.17, 15) is 14.0 Å². The zero-order valence-corrected chi connectivity index (χ0v) is 21.9. The van der Waals surface area contributed by atoms with E-state index in [2.05, 4.69) is 32.3 Å². The van der Waals surface area contributed by atoms with Gasteiger partial charge < -0.3 is 15.5 Å². The van der Waals surface area contributed by atoms with Crippen LogP contribution in [0.4, 0.5) is 10.2 Å². The fraction of sp³-hybridized carbons (Fsp3) is 0.100. The summed E-state index contributed by atoms with van der Waals surface area (Å²) in [7, 11) is 1.79. The quantitative estimate of drug-likeness (QED) is 0.320. The van der Waals surface area contributed by atoms with Crippen molar-refractivity contribution in [1.29, 1.82) is 0 Å². The summed E-state index contributed by atoms with van der Waals surface area (Å²) in [4.78, 5) is 31.7. The number of nitrogens with one attached hydrogen (secondary N) is 1. The largest absolute Gasteiger partial charge is 0.458 e. The number of carbonyl (C=O) groups excluding carboxylic acids is 1. The Hall–Kier alpha value is -5.76. The Morgan fingerprint density at radius 2 is 1.95 bits per heavy atom. The van der Waals surface area contributed by atoms with E-state index in [-0.39, 0.29) is 44.8 Å². The predicted molar refractivity (Wildman–Crippen MR) is 150 cm³/mol. The van der Waals surface area contributed by atoms with E-state index in [1.807, 2.05) is 0 Å². The Morgan fingerprint density at radius 3 is 2.71 bits per heavy atom. The zero-order chi connectivity index (χ0) is 28.7. The zero-order valence-electron chi connectivity index (χ0n) is 21.9. The third-order valence-electron chi connectivity index (χ3n) is 6.52. The van der Waals surface area contributed by atoms with Crippen LogP contribution in [0, 0.1) is 17.7 Å². The monoisotopic (exact) mass is 547 g/mol. The number of hydrogen-bond donors (Lipinski definition) is 2. The summed E-state index contributed by atoms with van der Waals surface area (Å²) >= 11 is 0. The Balaban J connectivity index is 1.49. The Bertz CT molecular complexity index is 2080. The van der Waals surface area contributed by atoms with Crippen LogP contribution in [-0.4, -0.2) is 30.3 Å². The lowest BCUT2D eigenvalue weighted by molar-refractivity contribution is 0.0938. The molecule has 4 heterocycles. The average molecular weight is 548 g/mol. The fourth-order valence-corrected chi connectivity index (χ4v) is 4.64. The average Bonchev–Trinajstić information content (AvgIpc) is 3.53. The molecule has 0 saturated heterocycles. The maximum atomic E-state index is 14.1. The van der Waals surface area contributed by atoms with Gasteiger partial charge in [0.05, 0.1) is 28.8 Å². The SMILES string of the molecule is C[C@H](NC(=O)c1c(N)nn2cccnc12)c1oc2cccc(C#Cc3cnn(C)c3)c2c(=O)c1-c1ccc(F)cc1. The molecule has 1 amide bonds. The number of aromatic nitrogens is 5. The number of benzene rings is 2. The molecule has 0 aliphatic carbocycles. The van der Waals surface area contributed by atoms with Gasteiger partial charge in [-0.1, -0.05) is 30.0 Å². The number of nitrogens with two attached hydrogens (primary N) is 1. The van der Waals surface area contributed by atoms with Gasteiger partial charge in [-0.3, -0.25) is 14.3 Å². The number of anilines is 1. The molecule has 202 valence electrons. The Morgan fingerprint density at radius 1 is 1.15 bits per heavy atom. The van der Waals surface area contributed by atoms with Crippen molar-refractivity contribution >= 4 is 28.3 Å². The molecule has 10 nitrogen and oxygen atoms in total. The lowest BCUT2D eigenvalue weighted by atomic mass is 9.97. The highest BCUT2D eigenvalue weighted by molar-refractivity contribution is 6.04. The molecule has 41 heavy (non-hydrogen) atoms. The van der Waals surface area contributed by atoms with Gasteiger partial charge in [0.2, 0.25) is 5.43 Å². The minimum atomic E-state index is -0.803. The second-order valence-electron chi connectivity index (χ2n) is 9.35. The first-order valence-electron chi connectivity index (χ1n) is 12.6. The van der Waals surface area contributed by atoms with E-state index in [1.54, 1.807) is 61.5 Å². The molecule has 6 aromatic rings. The molecule has 0 radical (unpaired) electrons. The maximum Gasteiger partial charge on any atom is 0.259 e. The molecule has 0 unspecified atom stereocenters. The highest BCUT2D eigenvalue weighted by Crippen LogP contribution is 2.31. The van der Waals surface area contributed by atoms with E-state index in [1.165, 1.54) is 35.0 Å². The van der Waals surface area contributed by atoms with E-state index >= 15 is 0 Å². The first kappa shape index (κ1) is 25.5. The minimum Gasteiger partial charge on any atom is -0.458 e. The third kappa shape index (κ3) is 4.68. The van der Waals surface area contributed by atoms with Crippen LogP contribution in [0.15, 0.2) is 82.5 Å². The highest BCUT2D eigenvalue weighted by Gasteiger charge is 2.26. The molecule has 0 aliphatic heterocycles.